The molecule has 1 atom stereocenters. The topological polar surface area (TPSA) is 82.5 Å². The van der Waals surface area contributed by atoms with Crippen molar-refractivity contribution in [2.75, 3.05) is 13.1 Å². The molecule has 2 fully saturated rings. The molecule has 0 radical (unpaired) electrons. The molecule has 6 nitrogen and oxygen atoms in total. The summed E-state index contributed by atoms with van der Waals surface area (Å²) in [4.78, 5) is 29.1. The van der Waals surface area contributed by atoms with Crippen molar-refractivity contribution >= 4 is 11.9 Å². The second-order valence-corrected chi connectivity index (χ2v) is 5.42. The Morgan fingerprint density at radius 2 is 2.10 bits per heavy atom. The minimum atomic E-state index is -1.04. The van der Waals surface area contributed by atoms with E-state index in [9.17, 15) is 9.59 Å². The first-order valence-corrected chi connectivity index (χ1v) is 6.88. The first-order valence-electron chi connectivity index (χ1n) is 6.88. The molecule has 0 aromatic carbocycles. The molecule has 1 aliphatic carbocycles. The normalized spacial score (nSPS) is 22.7. The molecule has 1 aromatic rings. The summed E-state index contributed by atoms with van der Waals surface area (Å²) in [5, 5.41) is 11.8. The molecule has 1 aromatic heterocycles. The lowest BCUT2D eigenvalue weighted by Crippen LogP contribution is -2.37. The van der Waals surface area contributed by atoms with Crippen LogP contribution in [0.15, 0.2) is 18.3 Å². The summed E-state index contributed by atoms with van der Waals surface area (Å²) in [5.74, 6) is -1.27. The van der Waals surface area contributed by atoms with Crippen LogP contribution in [0.25, 0.3) is 0 Å². The fourth-order valence-corrected chi connectivity index (χ4v) is 2.59. The van der Waals surface area contributed by atoms with Crippen molar-refractivity contribution in [1.82, 2.24) is 15.2 Å². The summed E-state index contributed by atoms with van der Waals surface area (Å²) in [6, 6.07) is 3.75. The van der Waals surface area contributed by atoms with Gasteiger partial charge in [0.05, 0.1) is 5.56 Å². The van der Waals surface area contributed by atoms with Crippen LogP contribution in [-0.2, 0) is 0 Å². The Kier molecular flexibility index (Phi) is 3.40. The van der Waals surface area contributed by atoms with Gasteiger partial charge in [-0.2, -0.15) is 0 Å². The van der Waals surface area contributed by atoms with Gasteiger partial charge in [-0.1, -0.05) is 0 Å². The number of aromatic carboxylic acids is 1. The highest BCUT2D eigenvalue weighted by molar-refractivity contribution is 5.93. The monoisotopic (exact) mass is 275 g/mol. The number of rotatable bonds is 4. The van der Waals surface area contributed by atoms with E-state index in [0.717, 1.165) is 25.6 Å². The number of carboxylic acid groups (broad SMARTS) is 1. The second-order valence-electron chi connectivity index (χ2n) is 5.42. The third-order valence-corrected chi connectivity index (χ3v) is 3.86. The van der Waals surface area contributed by atoms with Crippen molar-refractivity contribution in [2.24, 2.45) is 0 Å². The van der Waals surface area contributed by atoms with E-state index in [4.69, 9.17) is 5.11 Å². The highest BCUT2D eigenvalue weighted by atomic mass is 16.4. The molecule has 106 valence electrons. The Labute approximate surface area is 116 Å². The largest absolute Gasteiger partial charge is 0.478 e. The number of aromatic nitrogens is 1. The van der Waals surface area contributed by atoms with E-state index < -0.39 is 5.97 Å². The summed E-state index contributed by atoms with van der Waals surface area (Å²) in [6.45, 7) is 1.95. The predicted molar refractivity (Wildman–Crippen MR) is 71.7 cm³/mol. The summed E-state index contributed by atoms with van der Waals surface area (Å²) < 4.78 is 0. The van der Waals surface area contributed by atoms with Gasteiger partial charge >= 0.3 is 5.97 Å². The molecular weight excluding hydrogens is 258 g/mol. The Balaban J connectivity index is 1.57. The van der Waals surface area contributed by atoms with Gasteiger partial charge in [0.2, 0.25) is 0 Å². The van der Waals surface area contributed by atoms with Crippen LogP contribution in [0.3, 0.4) is 0 Å². The van der Waals surface area contributed by atoms with E-state index >= 15 is 0 Å². The minimum absolute atomic E-state index is 0.0855. The maximum Gasteiger partial charge on any atom is 0.337 e. The Hall–Kier alpha value is -1.95. The molecule has 1 saturated heterocycles. The van der Waals surface area contributed by atoms with Gasteiger partial charge in [-0.15, -0.1) is 0 Å². The van der Waals surface area contributed by atoms with Gasteiger partial charge in [0.15, 0.2) is 0 Å². The number of nitrogens with one attached hydrogen (secondary N) is 1. The van der Waals surface area contributed by atoms with Gasteiger partial charge in [-0.25, -0.2) is 4.79 Å². The van der Waals surface area contributed by atoms with Crippen LogP contribution in [-0.4, -0.2) is 52.0 Å². The number of carboxylic acids is 1. The zero-order valence-electron chi connectivity index (χ0n) is 11.1. The molecular formula is C14H17N3O3. The van der Waals surface area contributed by atoms with Crippen molar-refractivity contribution < 1.29 is 14.7 Å². The molecule has 0 bridgehead atoms. The molecule has 1 aliphatic heterocycles. The smallest absolute Gasteiger partial charge is 0.337 e. The van der Waals surface area contributed by atoms with Crippen LogP contribution in [0, 0.1) is 0 Å². The summed E-state index contributed by atoms with van der Waals surface area (Å²) in [5.41, 5.74) is 0.349. The lowest BCUT2D eigenvalue weighted by Gasteiger charge is -2.15. The van der Waals surface area contributed by atoms with Crippen molar-refractivity contribution in [3.05, 3.63) is 29.6 Å². The van der Waals surface area contributed by atoms with Crippen LogP contribution in [0.5, 0.6) is 0 Å². The quantitative estimate of drug-likeness (QED) is 0.847. The Morgan fingerprint density at radius 1 is 1.30 bits per heavy atom. The number of hydrogen-bond acceptors (Lipinski definition) is 4. The number of pyridine rings is 1. The van der Waals surface area contributed by atoms with Gasteiger partial charge < -0.3 is 10.4 Å². The third kappa shape index (κ3) is 2.80. The standard InChI is InChI=1S/C14H17N3O3/c18-13(12-4-1-9(7-15-12)14(19)20)16-10-5-6-17(8-10)11-2-3-11/h1,4,7,10-11H,2-3,5-6,8H2,(H,16,18)(H,19,20). The highest BCUT2D eigenvalue weighted by Crippen LogP contribution is 2.29. The maximum atomic E-state index is 12.0. The van der Waals surface area contributed by atoms with Gasteiger partial charge in [0.25, 0.3) is 5.91 Å². The van der Waals surface area contributed by atoms with E-state index in [1.165, 1.54) is 31.2 Å². The third-order valence-electron chi connectivity index (χ3n) is 3.86. The molecule has 1 amide bonds. The van der Waals surface area contributed by atoms with Crippen molar-refractivity contribution in [1.29, 1.82) is 0 Å². The van der Waals surface area contributed by atoms with E-state index in [1.54, 1.807) is 0 Å². The lowest BCUT2D eigenvalue weighted by molar-refractivity contribution is 0.0695. The van der Waals surface area contributed by atoms with E-state index in [1.807, 2.05) is 0 Å². The lowest BCUT2D eigenvalue weighted by atomic mass is 10.2. The zero-order valence-corrected chi connectivity index (χ0v) is 11.1. The molecule has 2 aliphatic rings. The fourth-order valence-electron chi connectivity index (χ4n) is 2.59. The van der Waals surface area contributed by atoms with Gasteiger partial charge in [-0.05, 0) is 31.4 Å². The highest BCUT2D eigenvalue weighted by Gasteiger charge is 2.34. The average Bonchev–Trinajstić information content (AvgIpc) is 3.20. The Morgan fingerprint density at radius 3 is 2.70 bits per heavy atom. The van der Waals surface area contributed by atoms with Gasteiger partial charge in [-0.3, -0.25) is 14.7 Å². The number of carbonyl (C=O) groups is 2. The Bertz CT molecular complexity index is 525. The van der Waals surface area contributed by atoms with Crippen molar-refractivity contribution in [3.8, 4) is 0 Å². The van der Waals surface area contributed by atoms with E-state index in [2.05, 4.69) is 15.2 Å². The fraction of sp³-hybridized carbons (Fsp3) is 0.500. The van der Waals surface area contributed by atoms with Crippen LogP contribution >= 0.6 is 0 Å². The molecule has 1 saturated carbocycles. The summed E-state index contributed by atoms with van der Waals surface area (Å²) in [7, 11) is 0. The van der Waals surface area contributed by atoms with Crippen molar-refractivity contribution in [3.63, 3.8) is 0 Å². The van der Waals surface area contributed by atoms with Crippen molar-refractivity contribution in [2.45, 2.75) is 31.3 Å². The summed E-state index contributed by atoms with van der Waals surface area (Å²) >= 11 is 0. The zero-order chi connectivity index (χ0) is 14.1. The molecule has 2 heterocycles. The predicted octanol–water partition coefficient (Wildman–Crippen LogP) is 0.746. The molecule has 3 rings (SSSR count). The van der Waals surface area contributed by atoms with Crippen LogP contribution in [0.4, 0.5) is 0 Å². The molecule has 20 heavy (non-hydrogen) atoms. The molecule has 1 unspecified atom stereocenters. The number of nitrogens with zero attached hydrogens (tertiary/aromatic N) is 2. The molecule has 2 N–H and O–H groups in total. The van der Waals surface area contributed by atoms with Crippen LogP contribution in [0.1, 0.15) is 40.1 Å². The first kappa shape index (κ1) is 13.1. The SMILES string of the molecule is O=C(O)c1ccc(C(=O)NC2CCN(C3CC3)C2)nc1. The number of carbonyl (C=O) groups excluding carboxylic acids is 1. The van der Waals surface area contributed by atoms with Gasteiger partial charge in [0.1, 0.15) is 5.69 Å². The number of hydrogen-bond donors (Lipinski definition) is 2. The summed E-state index contributed by atoms with van der Waals surface area (Å²) in [6.07, 6.45) is 4.73. The minimum Gasteiger partial charge on any atom is -0.478 e. The van der Waals surface area contributed by atoms with Crippen LogP contribution < -0.4 is 5.32 Å². The van der Waals surface area contributed by atoms with Crippen LogP contribution in [0.2, 0.25) is 0 Å². The van der Waals surface area contributed by atoms with Gasteiger partial charge in [0, 0.05) is 31.4 Å². The molecule has 0 spiro atoms. The molecule has 6 heteroatoms. The second kappa shape index (κ2) is 5.20. The number of amides is 1. The first-order chi connectivity index (χ1) is 9.63. The van der Waals surface area contributed by atoms with E-state index in [0.29, 0.717) is 0 Å². The number of likely N-dealkylation sites (tertiary alicyclic amines) is 1. The van der Waals surface area contributed by atoms with E-state index in [-0.39, 0.29) is 23.2 Å². The maximum absolute atomic E-state index is 12.0. The average molecular weight is 275 g/mol.